The molecule has 0 atom stereocenters. The summed E-state index contributed by atoms with van der Waals surface area (Å²) in [7, 11) is 0. The van der Waals surface area contributed by atoms with Gasteiger partial charge in [-0.3, -0.25) is 4.79 Å². The Kier molecular flexibility index (Phi) is 11.1. The molecule has 92 valence electrons. The Labute approximate surface area is 102 Å². The number of ether oxygens (including phenoxy) is 1. The summed E-state index contributed by atoms with van der Waals surface area (Å²) in [4.78, 5) is 9.99. The lowest BCUT2D eigenvalue weighted by molar-refractivity contribution is -0.120. The first-order valence-corrected chi connectivity index (χ1v) is 5.62. The Morgan fingerprint density at radius 3 is 2.19 bits per heavy atom. The summed E-state index contributed by atoms with van der Waals surface area (Å²) in [5, 5.41) is 9.23. The van der Waals surface area contributed by atoms with Crippen LogP contribution in [0.2, 0.25) is 5.02 Å². The van der Waals surface area contributed by atoms with E-state index in [1.165, 1.54) is 6.07 Å². The van der Waals surface area contributed by atoms with Crippen molar-refractivity contribution in [3.8, 4) is 11.5 Å². The van der Waals surface area contributed by atoms with Gasteiger partial charge in [-0.05, 0) is 24.6 Å². The summed E-state index contributed by atoms with van der Waals surface area (Å²) in [6.07, 6.45) is 0. The molecular weight excluding hydrogens is 228 g/mol. The number of benzene rings is 1. The summed E-state index contributed by atoms with van der Waals surface area (Å²) < 4.78 is 4.53. The van der Waals surface area contributed by atoms with Gasteiger partial charge >= 0.3 is 0 Å². The van der Waals surface area contributed by atoms with Crippen LogP contribution in [0, 0.1) is 6.92 Å². The molecule has 1 N–H and O–H groups in total. The van der Waals surface area contributed by atoms with E-state index in [0.717, 1.165) is 5.56 Å². The lowest BCUT2D eigenvalue weighted by atomic mass is 10.2. The van der Waals surface area contributed by atoms with Crippen molar-refractivity contribution in [3.05, 3.63) is 22.7 Å². The third kappa shape index (κ3) is 5.61. The Balaban J connectivity index is 0. The number of carbonyl (C=O) groups excluding carboxylic acids is 1. The van der Waals surface area contributed by atoms with Crippen LogP contribution in [0.25, 0.3) is 0 Å². The second kappa shape index (κ2) is 10.3. The smallest absolute Gasteiger partial charge is 0.298 e. The largest absolute Gasteiger partial charge is 0.506 e. The van der Waals surface area contributed by atoms with E-state index < -0.39 is 0 Å². The molecule has 0 aliphatic rings. The van der Waals surface area contributed by atoms with E-state index in [9.17, 15) is 9.90 Å². The first-order chi connectivity index (χ1) is 7.65. The van der Waals surface area contributed by atoms with Crippen molar-refractivity contribution >= 4 is 18.1 Å². The van der Waals surface area contributed by atoms with Gasteiger partial charge in [-0.1, -0.05) is 39.3 Å². The van der Waals surface area contributed by atoms with E-state index in [0.29, 0.717) is 0 Å². The van der Waals surface area contributed by atoms with Crippen LogP contribution in [0.1, 0.15) is 33.3 Å². The second-order valence-corrected chi connectivity index (χ2v) is 2.69. The topological polar surface area (TPSA) is 46.5 Å². The van der Waals surface area contributed by atoms with Gasteiger partial charge in [0.05, 0.1) is 0 Å². The van der Waals surface area contributed by atoms with E-state index in [1.54, 1.807) is 13.0 Å². The third-order valence-corrected chi connectivity index (χ3v) is 1.72. The number of phenolic OH excluding ortho intramolecular Hbond substituents is 1. The van der Waals surface area contributed by atoms with Crippen LogP contribution in [0.4, 0.5) is 0 Å². The van der Waals surface area contributed by atoms with Crippen LogP contribution < -0.4 is 4.74 Å². The van der Waals surface area contributed by atoms with E-state index in [2.05, 4.69) is 4.74 Å². The number of rotatable bonds is 2. The van der Waals surface area contributed by atoms with E-state index in [-0.39, 0.29) is 23.0 Å². The molecule has 1 aromatic carbocycles. The SMILES string of the molecule is CC.CC.Cc1cc(O)c(Cl)c(OC=O)c1. The molecule has 0 aromatic heterocycles. The molecule has 16 heavy (non-hydrogen) atoms. The Morgan fingerprint density at radius 2 is 1.75 bits per heavy atom. The Hall–Kier alpha value is -1.22. The summed E-state index contributed by atoms with van der Waals surface area (Å²) in [5.41, 5.74) is 0.772. The van der Waals surface area contributed by atoms with Crippen molar-refractivity contribution in [1.82, 2.24) is 0 Å². The molecule has 0 aliphatic carbocycles. The summed E-state index contributed by atoms with van der Waals surface area (Å²) in [6.45, 7) is 10.0. The summed E-state index contributed by atoms with van der Waals surface area (Å²) in [5.74, 6) is 0.0812. The van der Waals surface area contributed by atoms with Crippen LogP contribution in [0.15, 0.2) is 12.1 Å². The molecule has 0 heterocycles. The maximum Gasteiger partial charge on any atom is 0.298 e. The highest BCUT2D eigenvalue weighted by Gasteiger charge is 2.07. The molecule has 0 saturated heterocycles. The normalized spacial score (nSPS) is 7.88. The predicted molar refractivity (Wildman–Crippen MR) is 67.2 cm³/mol. The van der Waals surface area contributed by atoms with Gasteiger partial charge in [0.2, 0.25) is 0 Å². The highest BCUT2D eigenvalue weighted by molar-refractivity contribution is 6.33. The van der Waals surface area contributed by atoms with Crippen molar-refractivity contribution in [3.63, 3.8) is 0 Å². The molecule has 0 spiro atoms. The molecule has 4 heteroatoms. The fraction of sp³-hybridized carbons (Fsp3) is 0.417. The summed E-state index contributed by atoms with van der Waals surface area (Å²) in [6, 6.07) is 3.05. The number of carbonyl (C=O) groups is 1. The highest BCUT2D eigenvalue weighted by atomic mass is 35.5. The minimum atomic E-state index is -0.0893. The quantitative estimate of drug-likeness (QED) is 0.804. The van der Waals surface area contributed by atoms with Gasteiger partial charge in [-0.2, -0.15) is 0 Å². The lowest BCUT2D eigenvalue weighted by Gasteiger charge is -2.04. The molecule has 1 aromatic rings. The van der Waals surface area contributed by atoms with Crippen molar-refractivity contribution in [2.24, 2.45) is 0 Å². The van der Waals surface area contributed by atoms with Crippen LogP contribution >= 0.6 is 11.6 Å². The van der Waals surface area contributed by atoms with Gasteiger partial charge in [0.25, 0.3) is 6.47 Å². The van der Waals surface area contributed by atoms with Gasteiger partial charge < -0.3 is 9.84 Å². The maximum absolute atomic E-state index is 9.99. The average molecular weight is 247 g/mol. The molecule has 0 radical (unpaired) electrons. The number of aromatic hydroxyl groups is 1. The van der Waals surface area contributed by atoms with Gasteiger partial charge in [-0.25, -0.2) is 0 Å². The lowest BCUT2D eigenvalue weighted by Crippen LogP contribution is -1.90. The van der Waals surface area contributed by atoms with E-state index in [1.807, 2.05) is 27.7 Å². The fourth-order valence-corrected chi connectivity index (χ4v) is 1.01. The summed E-state index contributed by atoms with van der Waals surface area (Å²) >= 11 is 5.61. The molecular formula is C12H19ClO3. The van der Waals surface area contributed by atoms with Crippen LogP contribution in [0.5, 0.6) is 11.5 Å². The molecule has 0 aliphatic heterocycles. The minimum Gasteiger partial charge on any atom is -0.506 e. The zero-order valence-electron chi connectivity index (χ0n) is 10.4. The maximum atomic E-state index is 9.99. The molecule has 0 saturated carbocycles. The van der Waals surface area contributed by atoms with Gasteiger partial charge in [-0.15, -0.1) is 0 Å². The third-order valence-electron chi connectivity index (χ3n) is 1.34. The van der Waals surface area contributed by atoms with E-state index >= 15 is 0 Å². The Bertz CT molecular complexity index is 311. The predicted octanol–water partition coefficient (Wildman–Crippen LogP) is 3.94. The van der Waals surface area contributed by atoms with Crippen LogP contribution in [-0.2, 0) is 4.79 Å². The van der Waals surface area contributed by atoms with Crippen molar-refractivity contribution in [2.75, 3.05) is 0 Å². The number of halogens is 1. The molecule has 0 unspecified atom stereocenters. The first-order valence-electron chi connectivity index (χ1n) is 5.24. The molecule has 3 nitrogen and oxygen atoms in total. The van der Waals surface area contributed by atoms with E-state index in [4.69, 9.17) is 11.6 Å². The number of hydrogen-bond acceptors (Lipinski definition) is 3. The minimum absolute atomic E-state index is 0.0488. The number of aryl methyl sites for hydroxylation is 1. The standard InChI is InChI=1S/C8H7ClO3.2C2H6/c1-5-2-6(11)8(9)7(3-5)12-4-10;2*1-2/h2-4,11H,1H3;2*1-2H3. The monoisotopic (exact) mass is 246 g/mol. The number of hydrogen-bond donors (Lipinski definition) is 1. The second-order valence-electron chi connectivity index (χ2n) is 2.31. The fourth-order valence-electron chi connectivity index (χ4n) is 0.855. The molecule has 1 rings (SSSR count). The van der Waals surface area contributed by atoms with Crippen molar-refractivity contribution in [2.45, 2.75) is 34.6 Å². The molecule has 0 bridgehead atoms. The van der Waals surface area contributed by atoms with Gasteiger partial charge in [0.1, 0.15) is 10.8 Å². The first kappa shape index (κ1) is 17.2. The van der Waals surface area contributed by atoms with Crippen molar-refractivity contribution in [1.29, 1.82) is 0 Å². The highest BCUT2D eigenvalue weighted by Crippen LogP contribution is 2.33. The average Bonchev–Trinajstić information content (AvgIpc) is 2.31. The molecule has 0 fully saturated rings. The van der Waals surface area contributed by atoms with Gasteiger partial charge in [0.15, 0.2) is 5.75 Å². The zero-order valence-corrected chi connectivity index (χ0v) is 11.1. The number of phenols is 1. The van der Waals surface area contributed by atoms with Crippen LogP contribution in [-0.4, -0.2) is 11.6 Å². The zero-order chi connectivity index (χ0) is 13.1. The van der Waals surface area contributed by atoms with Crippen molar-refractivity contribution < 1.29 is 14.6 Å². The van der Waals surface area contributed by atoms with Crippen LogP contribution in [0.3, 0.4) is 0 Å². The van der Waals surface area contributed by atoms with Gasteiger partial charge in [0, 0.05) is 0 Å². The Morgan fingerprint density at radius 1 is 1.25 bits per heavy atom. The molecule has 0 amide bonds.